The lowest BCUT2D eigenvalue weighted by molar-refractivity contribution is 0.0949. The fourth-order valence-electron chi connectivity index (χ4n) is 0.601. The van der Waals surface area contributed by atoms with Crippen molar-refractivity contribution in [2.45, 2.75) is 0 Å². The molecule has 0 fully saturated rings. The van der Waals surface area contributed by atoms with Gasteiger partial charge in [-0.15, -0.1) is 10.2 Å². The second-order valence-electron chi connectivity index (χ2n) is 1.84. The lowest BCUT2D eigenvalue weighted by Crippen LogP contribution is -2.21. The molecule has 10 heavy (non-hydrogen) atoms. The zero-order valence-electron chi connectivity index (χ0n) is 5.83. The van der Waals surface area contributed by atoms with Crippen LogP contribution in [0, 0.1) is 0 Å². The van der Waals surface area contributed by atoms with E-state index in [1.54, 1.807) is 18.7 Å². The van der Waals surface area contributed by atoms with Gasteiger partial charge in [0, 0.05) is 14.1 Å². The van der Waals surface area contributed by atoms with Gasteiger partial charge in [0.05, 0.1) is 0 Å². The summed E-state index contributed by atoms with van der Waals surface area (Å²) in [4.78, 5) is 10.9. The Morgan fingerprint density at radius 1 is 1.80 bits per heavy atom. The summed E-state index contributed by atoms with van der Waals surface area (Å²) >= 11 is 0. The van der Waals surface area contributed by atoms with E-state index in [2.05, 4.69) is 15.5 Å². The molecule has 5 nitrogen and oxygen atoms in total. The van der Waals surface area contributed by atoms with Crippen LogP contribution >= 0.6 is 0 Å². The average Bonchev–Trinajstić information content (AvgIpc) is 2.34. The maximum Gasteiger partial charge on any atom is 0.288 e. The van der Waals surface area contributed by atoms with Gasteiger partial charge in [0.15, 0.2) is 0 Å². The molecule has 0 spiro atoms. The highest BCUT2D eigenvalue weighted by atomic mass is 16.2. The van der Waals surface area contributed by atoms with E-state index in [0.717, 1.165) is 0 Å². The van der Waals surface area contributed by atoms with Gasteiger partial charge in [-0.05, 0) is 0 Å². The molecule has 0 bridgehead atoms. The molecular weight excluding hydrogens is 132 g/mol. The number of rotatable bonds is 1. The van der Waals surface area contributed by atoms with Crippen LogP contribution in [0.25, 0.3) is 0 Å². The molecule has 0 unspecified atom stereocenters. The standard InChI is InChI=1S/C5H8N4O/c1-6-5(10)4-8-7-3-9(4)2/h3H,1-2H3,(H,6,10). The van der Waals surface area contributed by atoms with Crippen LogP contribution in [0.4, 0.5) is 0 Å². The maximum absolute atomic E-state index is 10.9. The van der Waals surface area contributed by atoms with Crippen LogP contribution in [0.5, 0.6) is 0 Å². The first kappa shape index (κ1) is 6.73. The Hall–Kier alpha value is -1.39. The number of hydrogen-bond acceptors (Lipinski definition) is 3. The van der Waals surface area contributed by atoms with Gasteiger partial charge in [0.2, 0.25) is 5.82 Å². The van der Waals surface area contributed by atoms with Crippen molar-refractivity contribution in [2.24, 2.45) is 7.05 Å². The Bertz CT molecular complexity index is 242. The summed E-state index contributed by atoms with van der Waals surface area (Å²) in [5, 5.41) is 9.58. The van der Waals surface area contributed by atoms with Crippen LogP contribution in [-0.2, 0) is 7.05 Å². The van der Waals surface area contributed by atoms with Crippen molar-refractivity contribution in [3.8, 4) is 0 Å². The van der Waals surface area contributed by atoms with Gasteiger partial charge in [-0.3, -0.25) is 4.79 Å². The van der Waals surface area contributed by atoms with Crippen molar-refractivity contribution < 1.29 is 4.79 Å². The highest BCUT2D eigenvalue weighted by molar-refractivity contribution is 5.90. The van der Waals surface area contributed by atoms with Crippen LogP contribution in [0.3, 0.4) is 0 Å². The highest BCUT2D eigenvalue weighted by Gasteiger charge is 2.07. The Morgan fingerprint density at radius 2 is 2.50 bits per heavy atom. The Labute approximate surface area is 58.1 Å². The molecule has 1 amide bonds. The summed E-state index contributed by atoms with van der Waals surface area (Å²) in [5.74, 6) is 0.0995. The van der Waals surface area contributed by atoms with Gasteiger partial charge in [-0.2, -0.15) is 0 Å². The maximum atomic E-state index is 10.9. The molecule has 0 atom stereocenters. The first-order valence-electron chi connectivity index (χ1n) is 2.81. The summed E-state index contributed by atoms with van der Waals surface area (Å²) < 4.78 is 1.55. The third-order valence-electron chi connectivity index (χ3n) is 1.14. The van der Waals surface area contributed by atoms with E-state index in [-0.39, 0.29) is 5.91 Å². The molecule has 1 heterocycles. The molecule has 0 aromatic carbocycles. The van der Waals surface area contributed by atoms with E-state index >= 15 is 0 Å². The predicted octanol–water partition coefficient (Wildman–Crippen LogP) is -0.825. The van der Waals surface area contributed by atoms with Crippen LogP contribution in [0.1, 0.15) is 10.6 Å². The summed E-state index contributed by atoms with van der Waals surface area (Å²) in [5.41, 5.74) is 0. The minimum Gasteiger partial charge on any atom is -0.352 e. The van der Waals surface area contributed by atoms with Crippen molar-refractivity contribution in [1.82, 2.24) is 20.1 Å². The number of hydrogen-bond donors (Lipinski definition) is 1. The third-order valence-corrected chi connectivity index (χ3v) is 1.14. The average molecular weight is 140 g/mol. The van der Waals surface area contributed by atoms with E-state index in [4.69, 9.17) is 0 Å². The molecule has 0 saturated heterocycles. The fraction of sp³-hybridized carbons (Fsp3) is 0.400. The smallest absolute Gasteiger partial charge is 0.288 e. The third kappa shape index (κ3) is 0.975. The second kappa shape index (κ2) is 2.47. The molecule has 5 heteroatoms. The summed E-state index contributed by atoms with van der Waals surface area (Å²) in [7, 11) is 3.27. The van der Waals surface area contributed by atoms with Gasteiger partial charge in [0.1, 0.15) is 6.33 Å². The summed E-state index contributed by atoms with van der Waals surface area (Å²) in [6.45, 7) is 0. The van der Waals surface area contributed by atoms with Crippen molar-refractivity contribution in [2.75, 3.05) is 7.05 Å². The number of nitrogens with one attached hydrogen (secondary N) is 1. The number of nitrogens with zero attached hydrogens (tertiary/aromatic N) is 3. The molecule has 1 rings (SSSR count). The topological polar surface area (TPSA) is 59.8 Å². The summed E-state index contributed by atoms with van der Waals surface area (Å²) in [6, 6.07) is 0. The van der Waals surface area contributed by atoms with E-state index in [9.17, 15) is 4.79 Å². The van der Waals surface area contributed by atoms with E-state index in [1.807, 2.05) is 0 Å². The number of carbonyl (C=O) groups is 1. The first-order valence-corrected chi connectivity index (χ1v) is 2.81. The molecule has 54 valence electrons. The first-order chi connectivity index (χ1) is 4.75. The Balaban J connectivity index is 2.93. The SMILES string of the molecule is CNC(=O)c1nncn1C. The lowest BCUT2D eigenvalue weighted by atomic mass is 10.5. The largest absolute Gasteiger partial charge is 0.352 e. The number of carbonyl (C=O) groups excluding carboxylic acids is 1. The molecule has 1 N–H and O–H groups in total. The molecule has 0 aliphatic rings. The highest BCUT2D eigenvalue weighted by Crippen LogP contribution is 1.88. The number of aryl methyl sites for hydroxylation is 1. The molecule has 0 aliphatic heterocycles. The van der Waals surface area contributed by atoms with Crippen LogP contribution in [0.15, 0.2) is 6.33 Å². The molecule has 1 aromatic heterocycles. The minimum absolute atomic E-state index is 0.222. The monoisotopic (exact) mass is 140 g/mol. The van der Waals surface area contributed by atoms with Crippen molar-refractivity contribution in [3.63, 3.8) is 0 Å². The zero-order chi connectivity index (χ0) is 7.56. The van der Waals surface area contributed by atoms with Crippen LogP contribution < -0.4 is 5.32 Å². The van der Waals surface area contributed by atoms with Gasteiger partial charge < -0.3 is 9.88 Å². The quantitative estimate of drug-likeness (QED) is 0.554. The molecule has 0 aliphatic carbocycles. The van der Waals surface area contributed by atoms with E-state index in [0.29, 0.717) is 5.82 Å². The van der Waals surface area contributed by atoms with E-state index in [1.165, 1.54) is 6.33 Å². The zero-order valence-corrected chi connectivity index (χ0v) is 5.83. The molecular formula is C5H8N4O. The molecule has 0 radical (unpaired) electrons. The Kier molecular flexibility index (Phi) is 1.66. The second-order valence-corrected chi connectivity index (χ2v) is 1.84. The van der Waals surface area contributed by atoms with Gasteiger partial charge >= 0.3 is 0 Å². The van der Waals surface area contributed by atoms with Crippen LogP contribution in [0.2, 0.25) is 0 Å². The van der Waals surface area contributed by atoms with Crippen molar-refractivity contribution >= 4 is 5.91 Å². The molecule has 1 aromatic rings. The van der Waals surface area contributed by atoms with Gasteiger partial charge in [0.25, 0.3) is 5.91 Å². The Morgan fingerprint density at radius 3 is 2.90 bits per heavy atom. The van der Waals surface area contributed by atoms with Gasteiger partial charge in [-0.1, -0.05) is 0 Å². The van der Waals surface area contributed by atoms with Crippen molar-refractivity contribution in [1.29, 1.82) is 0 Å². The fourth-order valence-corrected chi connectivity index (χ4v) is 0.601. The van der Waals surface area contributed by atoms with Crippen molar-refractivity contribution in [3.05, 3.63) is 12.2 Å². The van der Waals surface area contributed by atoms with E-state index < -0.39 is 0 Å². The van der Waals surface area contributed by atoms with Gasteiger partial charge in [-0.25, -0.2) is 0 Å². The number of aromatic nitrogens is 3. The predicted molar refractivity (Wildman–Crippen MR) is 34.4 cm³/mol. The lowest BCUT2D eigenvalue weighted by Gasteiger charge is -1.95. The number of amides is 1. The summed E-state index contributed by atoms with van der Waals surface area (Å²) in [6.07, 6.45) is 1.48. The minimum atomic E-state index is -0.222. The van der Waals surface area contributed by atoms with Crippen LogP contribution in [-0.4, -0.2) is 27.7 Å². The molecule has 0 saturated carbocycles. The normalized spacial score (nSPS) is 9.40.